The van der Waals surface area contributed by atoms with Crippen molar-refractivity contribution in [3.8, 4) is 0 Å². The molecule has 2 saturated carbocycles. The van der Waals surface area contributed by atoms with Crippen LogP contribution in [0.25, 0.3) is 0 Å². The van der Waals surface area contributed by atoms with E-state index in [2.05, 4.69) is 0 Å². The van der Waals surface area contributed by atoms with Gasteiger partial charge in [-0.25, -0.2) is 0 Å². The number of amidine groups is 1. The number of hydrogen-bond acceptors (Lipinski definition) is 1. The number of nitrogens with two attached hydrogens (primary N) is 1. The summed E-state index contributed by atoms with van der Waals surface area (Å²) in [5, 5.41) is 7.46. The summed E-state index contributed by atoms with van der Waals surface area (Å²) in [4.78, 5) is 0. The van der Waals surface area contributed by atoms with Gasteiger partial charge in [0.1, 0.15) is 0 Å². The minimum atomic E-state index is 0.441. The van der Waals surface area contributed by atoms with Crippen LogP contribution >= 0.6 is 0 Å². The molecule has 0 radical (unpaired) electrons. The molecular weight excluding hydrogens is 136 g/mol. The van der Waals surface area contributed by atoms with Gasteiger partial charge < -0.3 is 5.73 Å². The third-order valence-electron chi connectivity index (χ3n) is 3.42. The minimum absolute atomic E-state index is 0.441. The molecule has 62 valence electrons. The molecule has 0 amide bonds. The Balaban J connectivity index is 2.10. The topological polar surface area (TPSA) is 49.9 Å². The second kappa shape index (κ2) is 2.23. The van der Waals surface area contributed by atoms with Gasteiger partial charge in [0.05, 0.1) is 5.84 Å². The highest BCUT2D eigenvalue weighted by atomic mass is 14.8. The lowest BCUT2D eigenvalue weighted by atomic mass is 9.76. The van der Waals surface area contributed by atoms with Crippen LogP contribution in [0.2, 0.25) is 0 Å². The molecule has 0 heterocycles. The van der Waals surface area contributed by atoms with Crippen molar-refractivity contribution in [1.29, 1.82) is 5.41 Å². The van der Waals surface area contributed by atoms with Crippen molar-refractivity contribution >= 4 is 5.84 Å². The maximum atomic E-state index is 7.46. The van der Waals surface area contributed by atoms with E-state index >= 15 is 0 Å². The smallest absolute Gasteiger partial charge is 0.0942 e. The van der Waals surface area contributed by atoms with Crippen LogP contribution in [0.15, 0.2) is 0 Å². The van der Waals surface area contributed by atoms with E-state index in [1.54, 1.807) is 0 Å². The maximum Gasteiger partial charge on any atom is 0.0942 e. The molecule has 3 N–H and O–H groups in total. The first kappa shape index (κ1) is 7.14. The first-order chi connectivity index (χ1) is 5.25. The normalized spacial score (nSPS) is 33.6. The Kier molecular flexibility index (Phi) is 1.44. The fraction of sp³-hybridized carbons (Fsp3) is 0.889. The van der Waals surface area contributed by atoms with Crippen LogP contribution in [-0.4, -0.2) is 5.84 Å². The first-order valence-electron chi connectivity index (χ1n) is 4.58. The van der Waals surface area contributed by atoms with Crippen molar-refractivity contribution in [2.24, 2.45) is 17.1 Å². The predicted molar refractivity (Wildman–Crippen MR) is 45.5 cm³/mol. The highest BCUT2D eigenvalue weighted by molar-refractivity contribution is 5.81. The third-order valence-corrected chi connectivity index (χ3v) is 3.42. The largest absolute Gasteiger partial charge is 0.387 e. The summed E-state index contributed by atoms with van der Waals surface area (Å²) in [6.45, 7) is 0. The SMILES string of the molecule is N=C(N)C1CCCCC12CC2. The average molecular weight is 152 g/mol. The molecule has 2 fully saturated rings. The highest BCUT2D eigenvalue weighted by Gasteiger charge is 2.50. The van der Waals surface area contributed by atoms with Crippen molar-refractivity contribution in [3.63, 3.8) is 0 Å². The zero-order valence-electron chi connectivity index (χ0n) is 6.90. The molecule has 1 atom stereocenters. The van der Waals surface area contributed by atoms with Crippen LogP contribution in [0.3, 0.4) is 0 Å². The Morgan fingerprint density at radius 3 is 2.45 bits per heavy atom. The zero-order chi connectivity index (χ0) is 7.90. The molecule has 0 aromatic heterocycles. The zero-order valence-corrected chi connectivity index (χ0v) is 6.90. The predicted octanol–water partition coefficient (Wildman–Crippen LogP) is 1.89. The summed E-state index contributed by atoms with van der Waals surface area (Å²) in [5.41, 5.74) is 6.08. The van der Waals surface area contributed by atoms with E-state index in [4.69, 9.17) is 11.1 Å². The second-order valence-electron chi connectivity index (χ2n) is 4.12. The molecule has 0 aliphatic heterocycles. The number of nitrogens with one attached hydrogen (secondary N) is 1. The van der Waals surface area contributed by atoms with Gasteiger partial charge in [0, 0.05) is 5.92 Å². The van der Waals surface area contributed by atoms with E-state index in [9.17, 15) is 0 Å². The summed E-state index contributed by atoms with van der Waals surface area (Å²) in [5.74, 6) is 0.887. The monoisotopic (exact) mass is 152 g/mol. The molecule has 2 nitrogen and oxygen atoms in total. The van der Waals surface area contributed by atoms with Crippen molar-refractivity contribution in [3.05, 3.63) is 0 Å². The van der Waals surface area contributed by atoms with Crippen LogP contribution in [0.1, 0.15) is 38.5 Å². The van der Waals surface area contributed by atoms with Gasteiger partial charge in [0.2, 0.25) is 0 Å². The van der Waals surface area contributed by atoms with Crippen molar-refractivity contribution in [1.82, 2.24) is 0 Å². The van der Waals surface area contributed by atoms with Gasteiger partial charge in [-0.05, 0) is 31.1 Å². The Bertz CT molecular complexity index is 182. The van der Waals surface area contributed by atoms with Crippen LogP contribution in [-0.2, 0) is 0 Å². The molecule has 0 saturated heterocycles. The molecule has 11 heavy (non-hydrogen) atoms. The van der Waals surface area contributed by atoms with Gasteiger partial charge in [0.15, 0.2) is 0 Å². The molecule has 1 unspecified atom stereocenters. The third kappa shape index (κ3) is 1.05. The number of hydrogen-bond donors (Lipinski definition) is 2. The first-order valence-corrected chi connectivity index (χ1v) is 4.58. The molecule has 0 aromatic rings. The standard InChI is InChI=1S/C9H16N2/c10-8(11)7-3-1-2-4-9(7)5-6-9/h7H,1-6H2,(H3,10,11). The lowest BCUT2D eigenvalue weighted by Crippen LogP contribution is -2.32. The molecule has 2 heteroatoms. The molecule has 0 bridgehead atoms. The molecule has 2 aliphatic carbocycles. The average Bonchev–Trinajstić information content (AvgIpc) is 2.70. The summed E-state index contributed by atoms with van der Waals surface area (Å²) >= 11 is 0. The molecule has 1 spiro atoms. The molecule has 2 rings (SSSR count). The second-order valence-corrected chi connectivity index (χ2v) is 4.12. The maximum absolute atomic E-state index is 7.46. The van der Waals surface area contributed by atoms with Gasteiger partial charge in [0.25, 0.3) is 0 Å². The molecular formula is C9H16N2. The molecule has 2 aliphatic rings. The van der Waals surface area contributed by atoms with Gasteiger partial charge in [-0.1, -0.05) is 12.8 Å². The van der Waals surface area contributed by atoms with E-state index in [1.165, 1.54) is 38.5 Å². The van der Waals surface area contributed by atoms with Gasteiger partial charge in [-0.2, -0.15) is 0 Å². The fourth-order valence-electron chi connectivity index (χ4n) is 2.55. The quantitative estimate of drug-likeness (QED) is 0.437. The summed E-state index contributed by atoms with van der Waals surface area (Å²) in [7, 11) is 0. The van der Waals surface area contributed by atoms with Crippen molar-refractivity contribution in [2.45, 2.75) is 38.5 Å². The van der Waals surface area contributed by atoms with E-state index in [1.807, 2.05) is 0 Å². The molecule has 0 aromatic carbocycles. The Labute approximate surface area is 67.7 Å². The summed E-state index contributed by atoms with van der Waals surface area (Å²) in [6, 6.07) is 0. The van der Waals surface area contributed by atoms with Gasteiger partial charge >= 0.3 is 0 Å². The van der Waals surface area contributed by atoms with E-state index in [-0.39, 0.29) is 0 Å². The van der Waals surface area contributed by atoms with Gasteiger partial charge in [-0.15, -0.1) is 0 Å². The lowest BCUT2D eigenvalue weighted by Gasteiger charge is -2.30. The van der Waals surface area contributed by atoms with Crippen LogP contribution in [0, 0.1) is 16.7 Å². The Hall–Kier alpha value is -0.530. The fourth-order valence-corrected chi connectivity index (χ4v) is 2.55. The van der Waals surface area contributed by atoms with Crippen LogP contribution in [0.4, 0.5) is 0 Å². The minimum Gasteiger partial charge on any atom is -0.387 e. The van der Waals surface area contributed by atoms with Crippen molar-refractivity contribution < 1.29 is 0 Å². The van der Waals surface area contributed by atoms with Crippen molar-refractivity contribution in [2.75, 3.05) is 0 Å². The highest BCUT2D eigenvalue weighted by Crippen LogP contribution is 2.59. The number of rotatable bonds is 1. The Morgan fingerprint density at radius 1 is 1.27 bits per heavy atom. The Morgan fingerprint density at radius 2 is 2.00 bits per heavy atom. The van der Waals surface area contributed by atoms with E-state index in [0.29, 0.717) is 17.2 Å². The van der Waals surface area contributed by atoms with Crippen LogP contribution < -0.4 is 5.73 Å². The van der Waals surface area contributed by atoms with Crippen LogP contribution in [0.5, 0.6) is 0 Å². The van der Waals surface area contributed by atoms with E-state index in [0.717, 1.165) is 0 Å². The summed E-state index contributed by atoms with van der Waals surface area (Å²) in [6.07, 6.45) is 7.82. The van der Waals surface area contributed by atoms with Gasteiger partial charge in [-0.3, -0.25) is 5.41 Å². The van der Waals surface area contributed by atoms with E-state index < -0.39 is 0 Å². The summed E-state index contributed by atoms with van der Waals surface area (Å²) < 4.78 is 0. The lowest BCUT2D eigenvalue weighted by molar-refractivity contribution is 0.275.